The SMILES string of the molecule is CC(C)NC(C)(C#N)CCCCSCC1CCCC1. The van der Waals surface area contributed by atoms with E-state index in [4.69, 9.17) is 0 Å². The molecule has 0 aromatic carbocycles. The highest BCUT2D eigenvalue weighted by Crippen LogP contribution is 2.28. The zero-order chi connectivity index (χ0) is 14.1. The van der Waals surface area contributed by atoms with Gasteiger partial charge in [-0.15, -0.1) is 0 Å². The highest BCUT2D eigenvalue weighted by molar-refractivity contribution is 7.99. The van der Waals surface area contributed by atoms with Crippen molar-refractivity contribution < 1.29 is 0 Å². The third-order valence-electron chi connectivity index (χ3n) is 3.90. The third-order valence-corrected chi connectivity index (χ3v) is 5.18. The van der Waals surface area contributed by atoms with Crippen molar-refractivity contribution in [2.75, 3.05) is 11.5 Å². The van der Waals surface area contributed by atoms with Crippen LogP contribution in [0.2, 0.25) is 0 Å². The molecule has 0 saturated heterocycles. The van der Waals surface area contributed by atoms with Gasteiger partial charge in [0.1, 0.15) is 5.54 Å². The lowest BCUT2D eigenvalue weighted by Gasteiger charge is -2.25. The second-order valence-corrected chi connectivity index (χ2v) is 7.58. The second kappa shape index (κ2) is 8.87. The Morgan fingerprint density at radius 2 is 2.00 bits per heavy atom. The van der Waals surface area contributed by atoms with Crippen molar-refractivity contribution in [3.63, 3.8) is 0 Å². The quantitative estimate of drug-likeness (QED) is 0.638. The maximum Gasteiger partial charge on any atom is 0.104 e. The monoisotopic (exact) mass is 282 g/mol. The molecule has 1 fully saturated rings. The largest absolute Gasteiger partial charge is 0.297 e. The molecule has 3 heteroatoms. The summed E-state index contributed by atoms with van der Waals surface area (Å²) in [6, 6.07) is 2.80. The van der Waals surface area contributed by atoms with E-state index < -0.39 is 0 Å². The average molecular weight is 282 g/mol. The van der Waals surface area contributed by atoms with Crippen molar-refractivity contribution >= 4 is 11.8 Å². The van der Waals surface area contributed by atoms with Crippen LogP contribution in [0.1, 0.15) is 65.7 Å². The molecule has 1 saturated carbocycles. The van der Waals surface area contributed by atoms with Crippen LogP contribution in [-0.4, -0.2) is 23.1 Å². The summed E-state index contributed by atoms with van der Waals surface area (Å²) in [5.41, 5.74) is -0.343. The number of hydrogen-bond donors (Lipinski definition) is 1. The summed E-state index contributed by atoms with van der Waals surface area (Å²) in [5, 5.41) is 12.6. The van der Waals surface area contributed by atoms with Crippen molar-refractivity contribution in [1.29, 1.82) is 5.26 Å². The zero-order valence-corrected chi connectivity index (χ0v) is 13.7. The van der Waals surface area contributed by atoms with Crippen molar-refractivity contribution in [3.05, 3.63) is 0 Å². The predicted octanol–water partition coefficient (Wildman–Crippen LogP) is 4.36. The van der Waals surface area contributed by atoms with Crippen LogP contribution in [0.3, 0.4) is 0 Å². The molecule has 1 atom stereocenters. The van der Waals surface area contributed by atoms with Gasteiger partial charge in [0.05, 0.1) is 6.07 Å². The summed E-state index contributed by atoms with van der Waals surface area (Å²) in [6.45, 7) is 6.23. The molecule has 0 aromatic heterocycles. The molecule has 19 heavy (non-hydrogen) atoms. The molecule has 0 bridgehead atoms. The maximum atomic E-state index is 9.26. The van der Waals surface area contributed by atoms with E-state index in [1.165, 1.54) is 43.6 Å². The molecule has 2 nitrogen and oxygen atoms in total. The van der Waals surface area contributed by atoms with Crippen LogP contribution >= 0.6 is 11.8 Å². The number of hydrogen-bond acceptors (Lipinski definition) is 3. The molecule has 110 valence electrons. The van der Waals surface area contributed by atoms with E-state index in [0.29, 0.717) is 6.04 Å². The van der Waals surface area contributed by atoms with E-state index >= 15 is 0 Å². The van der Waals surface area contributed by atoms with Gasteiger partial charge in [0.2, 0.25) is 0 Å². The van der Waals surface area contributed by atoms with Gasteiger partial charge in [0.25, 0.3) is 0 Å². The van der Waals surface area contributed by atoms with Crippen molar-refractivity contribution in [2.45, 2.75) is 77.3 Å². The highest BCUT2D eigenvalue weighted by atomic mass is 32.2. The Kier molecular flexibility index (Phi) is 7.87. The predicted molar refractivity (Wildman–Crippen MR) is 85.4 cm³/mol. The smallest absolute Gasteiger partial charge is 0.104 e. The van der Waals surface area contributed by atoms with E-state index in [2.05, 4.69) is 37.0 Å². The van der Waals surface area contributed by atoms with Gasteiger partial charge in [0, 0.05) is 6.04 Å². The van der Waals surface area contributed by atoms with Crippen LogP contribution in [0.25, 0.3) is 0 Å². The van der Waals surface area contributed by atoms with Crippen LogP contribution in [0.15, 0.2) is 0 Å². The normalized spacial score (nSPS) is 19.5. The Hall–Kier alpha value is -0.200. The standard InChI is InChI=1S/C16H30N2S/c1-14(2)18-16(3,13-17)10-6-7-11-19-12-15-8-4-5-9-15/h14-15,18H,4-12H2,1-3H3. The fourth-order valence-corrected chi connectivity index (χ4v) is 4.15. The molecular formula is C16H30N2S. The summed E-state index contributed by atoms with van der Waals surface area (Å²) >= 11 is 2.12. The van der Waals surface area contributed by atoms with Gasteiger partial charge in [-0.05, 0) is 70.3 Å². The van der Waals surface area contributed by atoms with Gasteiger partial charge < -0.3 is 0 Å². The topological polar surface area (TPSA) is 35.8 Å². The third kappa shape index (κ3) is 7.22. The van der Waals surface area contributed by atoms with Crippen LogP contribution in [0.5, 0.6) is 0 Å². The Bertz CT molecular complexity index is 279. The number of nitrogens with one attached hydrogen (secondary N) is 1. The fourth-order valence-electron chi connectivity index (χ4n) is 2.91. The molecule has 0 aromatic rings. The zero-order valence-electron chi connectivity index (χ0n) is 12.9. The van der Waals surface area contributed by atoms with E-state index in [0.717, 1.165) is 18.8 Å². The van der Waals surface area contributed by atoms with Gasteiger partial charge in [-0.3, -0.25) is 5.32 Å². The highest BCUT2D eigenvalue weighted by Gasteiger charge is 2.23. The van der Waals surface area contributed by atoms with Gasteiger partial charge in [0.15, 0.2) is 0 Å². The number of unbranched alkanes of at least 4 members (excludes halogenated alkanes) is 1. The minimum Gasteiger partial charge on any atom is -0.297 e. The lowest BCUT2D eigenvalue weighted by Crippen LogP contribution is -2.44. The number of rotatable bonds is 9. The van der Waals surface area contributed by atoms with Crippen LogP contribution in [-0.2, 0) is 0 Å². The summed E-state index contributed by atoms with van der Waals surface area (Å²) in [6.07, 6.45) is 9.18. The molecule has 1 aliphatic carbocycles. The second-order valence-electron chi connectivity index (χ2n) is 6.43. The molecule has 0 heterocycles. The van der Waals surface area contributed by atoms with Crippen LogP contribution < -0.4 is 5.32 Å². The van der Waals surface area contributed by atoms with Gasteiger partial charge in [-0.2, -0.15) is 17.0 Å². The summed E-state index contributed by atoms with van der Waals surface area (Å²) in [4.78, 5) is 0. The average Bonchev–Trinajstić information content (AvgIpc) is 2.86. The molecule has 1 rings (SSSR count). The summed E-state index contributed by atoms with van der Waals surface area (Å²) in [5.74, 6) is 3.62. The summed E-state index contributed by atoms with van der Waals surface area (Å²) in [7, 11) is 0. The molecule has 1 N–H and O–H groups in total. The Morgan fingerprint density at radius 3 is 2.58 bits per heavy atom. The van der Waals surface area contributed by atoms with E-state index in [1.807, 2.05) is 6.92 Å². The molecule has 1 unspecified atom stereocenters. The molecule has 0 aliphatic heterocycles. The first-order chi connectivity index (χ1) is 9.06. The number of nitriles is 1. The maximum absolute atomic E-state index is 9.26. The van der Waals surface area contributed by atoms with E-state index in [1.54, 1.807) is 0 Å². The number of nitrogens with zero attached hydrogens (tertiary/aromatic N) is 1. The Labute approximate surface area is 123 Å². The molecule has 0 spiro atoms. The molecule has 1 aliphatic rings. The fraction of sp³-hybridized carbons (Fsp3) is 0.938. The lowest BCUT2D eigenvalue weighted by molar-refractivity contribution is 0.372. The van der Waals surface area contributed by atoms with Crippen molar-refractivity contribution in [3.8, 4) is 6.07 Å². The van der Waals surface area contributed by atoms with E-state index in [9.17, 15) is 5.26 Å². The molecular weight excluding hydrogens is 252 g/mol. The molecule has 0 amide bonds. The van der Waals surface area contributed by atoms with Gasteiger partial charge in [-0.1, -0.05) is 12.8 Å². The van der Waals surface area contributed by atoms with E-state index in [-0.39, 0.29) is 5.54 Å². The van der Waals surface area contributed by atoms with Crippen molar-refractivity contribution in [1.82, 2.24) is 5.32 Å². The summed E-state index contributed by atoms with van der Waals surface area (Å²) < 4.78 is 0. The van der Waals surface area contributed by atoms with Gasteiger partial charge >= 0.3 is 0 Å². The Morgan fingerprint density at radius 1 is 1.32 bits per heavy atom. The lowest BCUT2D eigenvalue weighted by atomic mass is 9.96. The first kappa shape index (κ1) is 16.9. The van der Waals surface area contributed by atoms with Crippen LogP contribution in [0, 0.1) is 17.2 Å². The molecule has 0 radical (unpaired) electrons. The minimum absolute atomic E-state index is 0.343. The minimum atomic E-state index is -0.343. The van der Waals surface area contributed by atoms with Gasteiger partial charge in [-0.25, -0.2) is 0 Å². The first-order valence-corrected chi connectivity index (χ1v) is 8.98. The number of thioether (sulfide) groups is 1. The first-order valence-electron chi connectivity index (χ1n) is 7.82. The van der Waals surface area contributed by atoms with Crippen LogP contribution in [0.4, 0.5) is 0 Å². The van der Waals surface area contributed by atoms with Crippen molar-refractivity contribution in [2.24, 2.45) is 5.92 Å². The Balaban J connectivity index is 2.04.